The Morgan fingerprint density at radius 1 is 1.50 bits per heavy atom. The topological polar surface area (TPSA) is 58.2 Å². The molecule has 0 aliphatic carbocycles. The lowest BCUT2D eigenvalue weighted by Crippen LogP contribution is -2.34. The Morgan fingerprint density at radius 2 is 2.21 bits per heavy atom. The average molecular weight is 220 g/mol. The highest BCUT2D eigenvalue weighted by molar-refractivity contribution is 7.89. The van der Waals surface area contributed by atoms with Crippen LogP contribution in [-0.4, -0.2) is 32.8 Å². The highest BCUT2D eigenvalue weighted by Crippen LogP contribution is 2.09. The lowest BCUT2D eigenvalue weighted by molar-refractivity contribution is 0.546. The Bertz CT molecular complexity index is 256. The van der Waals surface area contributed by atoms with Crippen LogP contribution in [0.25, 0.3) is 0 Å². The standard InChI is InChI=1S/C9H20N2O2S/c1-8(2)11-14(12,13)7-5-9-4-3-6-10-9/h8-11H,3-7H2,1-2H3. The molecule has 0 saturated carbocycles. The van der Waals surface area contributed by atoms with Crippen LogP contribution in [0.3, 0.4) is 0 Å². The van der Waals surface area contributed by atoms with Gasteiger partial charge in [-0.1, -0.05) is 0 Å². The van der Waals surface area contributed by atoms with Gasteiger partial charge in [-0.25, -0.2) is 13.1 Å². The van der Waals surface area contributed by atoms with Crippen LogP contribution in [0.1, 0.15) is 33.1 Å². The molecule has 1 aliphatic rings. The summed E-state index contributed by atoms with van der Waals surface area (Å²) in [6, 6.07) is 0.398. The van der Waals surface area contributed by atoms with Gasteiger partial charge in [-0.3, -0.25) is 0 Å². The van der Waals surface area contributed by atoms with Crippen LogP contribution in [0, 0.1) is 0 Å². The fraction of sp³-hybridized carbons (Fsp3) is 1.00. The van der Waals surface area contributed by atoms with E-state index in [0.29, 0.717) is 6.04 Å². The van der Waals surface area contributed by atoms with E-state index in [9.17, 15) is 8.42 Å². The lowest BCUT2D eigenvalue weighted by atomic mass is 10.2. The molecule has 1 unspecified atom stereocenters. The van der Waals surface area contributed by atoms with Gasteiger partial charge in [-0.05, 0) is 39.7 Å². The van der Waals surface area contributed by atoms with Crippen LogP contribution >= 0.6 is 0 Å². The average Bonchev–Trinajstić information content (AvgIpc) is 2.50. The van der Waals surface area contributed by atoms with Crippen LogP contribution in [-0.2, 0) is 10.0 Å². The van der Waals surface area contributed by atoms with Crippen molar-refractivity contribution in [2.24, 2.45) is 0 Å². The van der Waals surface area contributed by atoms with Crippen LogP contribution in [0.4, 0.5) is 0 Å². The van der Waals surface area contributed by atoms with Gasteiger partial charge in [0.2, 0.25) is 10.0 Å². The Labute approximate surface area is 86.5 Å². The summed E-state index contributed by atoms with van der Waals surface area (Å²) >= 11 is 0. The molecule has 0 aromatic heterocycles. The number of rotatable bonds is 5. The Hall–Kier alpha value is -0.130. The molecule has 2 N–H and O–H groups in total. The summed E-state index contributed by atoms with van der Waals surface area (Å²) in [5.74, 6) is 0.239. The van der Waals surface area contributed by atoms with Crippen molar-refractivity contribution >= 4 is 10.0 Å². The van der Waals surface area contributed by atoms with Crippen molar-refractivity contribution in [1.82, 2.24) is 10.0 Å². The van der Waals surface area contributed by atoms with Gasteiger partial charge in [-0.2, -0.15) is 0 Å². The second-order valence-electron chi connectivity index (χ2n) is 4.17. The molecular formula is C9H20N2O2S. The fourth-order valence-electron chi connectivity index (χ4n) is 1.72. The minimum absolute atomic E-state index is 0.00321. The van der Waals surface area contributed by atoms with Crippen LogP contribution in [0.5, 0.6) is 0 Å². The van der Waals surface area contributed by atoms with Crippen molar-refractivity contribution in [3.05, 3.63) is 0 Å². The maximum atomic E-state index is 11.5. The van der Waals surface area contributed by atoms with Crippen LogP contribution in [0.2, 0.25) is 0 Å². The quantitative estimate of drug-likeness (QED) is 0.707. The third-order valence-electron chi connectivity index (χ3n) is 2.31. The smallest absolute Gasteiger partial charge is 0.211 e. The molecule has 0 aromatic rings. The minimum Gasteiger partial charge on any atom is -0.314 e. The van der Waals surface area contributed by atoms with Crippen molar-refractivity contribution in [1.29, 1.82) is 0 Å². The van der Waals surface area contributed by atoms with Crippen LogP contribution < -0.4 is 10.0 Å². The van der Waals surface area contributed by atoms with Gasteiger partial charge < -0.3 is 5.32 Å². The van der Waals surface area contributed by atoms with Crippen molar-refractivity contribution in [3.63, 3.8) is 0 Å². The number of nitrogens with one attached hydrogen (secondary N) is 2. The molecule has 0 aromatic carbocycles. The number of sulfonamides is 1. The van der Waals surface area contributed by atoms with Gasteiger partial charge in [0.25, 0.3) is 0 Å². The summed E-state index contributed by atoms with van der Waals surface area (Å²) in [5, 5.41) is 3.29. The third-order valence-corrected chi connectivity index (χ3v) is 3.92. The fourth-order valence-corrected chi connectivity index (χ4v) is 3.15. The van der Waals surface area contributed by atoms with E-state index >= 15 is 0 Å². The highest BCUT2D eigenvalue weighted by atomic mass is 32.2. The molecule has 0 radical (unpaired) electrons. The Kier molecular flexibility index (Phi) is 4.34. The monoisotopic (exact) mass is 220 g/mol. The molecule has 1 saturated heterocycles. The summed E-state index contributed by atoms with van der Waals surface area (Å²) in [6.07, 6.45) is 3.00. The van der Waals surface area contributed by atoms with E-state index in [2.05, 4.69) is 10.0 Å². The van der Waals surface area contributed by atoms with E-state index < -0.39 is 10.0 Å². The lowest BCUT2D eigenvalue weighted by Gasteiger charge is -2.12. The second kappa shape index (κ2) is 5.09. The predicted molar refractivity (Wildman–Crippen MR) is 57.7 cm³/mol. The van der Waals surface area contributed by atoms with E-state index in [4.69, 9.17) is 0 Å². The van der Waals surface area contributed by atoms with Gasteiger partial charge in [0.05, 0.1) is 5.75 Å². The first kappa shape index (κ1) is 11.9. The second-order valence-corrected chi connectivity index (χ2v) is 6.05. The number of hydrogen-bond acceptors (Lipinski definition) is 3. The first-order valence-electron chi connectivity index (χ1n) is 5.23. The molecule has 84 valence electrons. The maximum absolute atomic E-state index is 11.5. The van der Waals surface area contributed by atoms with Gasteiger partial charge in [0.15, 0.2) is 0 Å². The molecule has 1 heterocycles. The molecule has 0 spiro atoms. The molecular weight excluding hydrogens is 200 g/mol. The molecule has 0 bridgehead atoms. The van der Waals surface area contributed by atoms with E-state index in [1.807, 2.05) is 13.8 Å². The van der Waals surface area contributed by atoms with Crippen molar-refractivity contribution < 1.29 is 8.42 Å². The minimum atomic E-state index is -3.06. The SMILES string of the molecule is CC(C)NS(=O)(=O)CCC1CCCN1. The van der Waals surface area contributed by atoms with Gasteiger partial charge in [0.1, 0.15) is 0 Å². The molecule has 1 fully saturated rings. The molecule has 0 amide bonds. The van der Waals surface area contributed by atoms with E-state index in [1.54, 1.807) is 0 Å². The molecule has 1 atom stereocenters. The largest absolute Gasteiger partial charge is 0.314 e. The molecule has 4 nitrogen and oxygen atoms in total. The third kappa shape index (κ3) is 4.39. The normalized spacial score (nSPS) is 23.2. The Morgan fingerprint density at radius 3 is 2.71 bits per heavy atom. The zero-order valence-electron chi connectivity index (χ0n) is 8.91. The molecule has 5 heteroatoms. The van der Waals surface area contributed by atoms with Gasteiger partial charge in [0, 0.05) is 12.1 Å². The number of hydrogen-bond donors (Lipinski definition) is 2. The molecule has 1 aliphatic heterocycles. The van der Waals surface area contributed by atoms with Crippen molar-refractivity contribution in [3.8, 4) is 0 Å². The van der Waals surface area contributed by atoms with Gasteiger partial charge >= 0.3 is 0 Å². The van der Waals surface area contributed by atoms with E-state index in [0.717, 1.165) is 19.4 Å². The summed E-state index contributed by atoms with van der Waals surface area (Å²) in [6.45, 7) is 4.71. The molecule has 1 rings (SSSR count). The first-order chi connectivity index (χ1) is 6.49. The van der Waals surface area contributed by atoms with Crippen molar-refractivity contribution in [2.45, 2.75) is 45.2 Å². The van der Waals surface area contributed by atoms with Gasteiger partial charge in [-0.15, -0.1) is 0 Å². The van der Waals surface area contributed by atoms with Crippen molar-refractivity contribution in [2.75, 3.05) is 12.3 Å². The molecule has 14 heavy (non-hydrogen) atoms. The summed E-state index contributed by atoms with van der Waals surface area (Å²) < 4.78 is 25.5. The van der Waals surface area contributed by atoms with E-state index in [1.165, 1.54) is 6.42 Å². The predicted octanol–water partition coefficient (Wildman–Crippen LogP) is 0.456. The van der Waals surface area contributed by atoms with Crippen LogP contribution in [0.15, 0.2) is 0 Å². The summed E-state index contributed by atoms with van der Waals surface area (Å²) in [5.41, 5.74) is 0. The Balaban J connectivity index is 2.28. The zero-order chi connectivity index (χ0) is 10.6. The summed E-state index contributed by atoms with van der Waals surface area (Å²) in [4.78, 5) is 0. The highest BCUT2D eigenvalue weighted by Gasteiger charge is 2.18. The van der Waals surface area contributed by atoms with E-state index in [-0.39, 0.29) is 11.8 Å². The maximum Gasteiger partial charge on any atom is 0.211 e. The first-order valence-corrected chi connectivity index (χ1v) is 6.88. The zero-order valence-corrected chi connectivity index (χ0v) is 9.73. The summed E-state index contributed by atoms with van der Waals surface area (Å²) in [7, 11) is -3.06.